The molecule has 7 aromatic carbocycles. The summed E-state index contributed by atoms with van der Waals surface area (Å²) in [4.78, 5) is 14.9. The molecule has 262 valence electrons. The largest absolute Gasteiger partial charge is 0.309 e. The van der Waals surface area contributed by atoms with Crippen LogP contribution in [0, 0.1) is 0 Å². The molecule has 0 spiro atoms. The van der Waals surface area contributed by atoms with Crippen LogP contribution in [0.1, 0.15) is 0 Å². The van der Waals surface area contributed by atoms with Gasteiger partial charge < -0.3 is 9.13 Å². The van der Waals surface area contributed by atoms with Gasteiger partial charge in [-0.15, -0.1) is 0 Å². The van der Waals surface area contributed by atoms with Gasteiger partial charge in [0.1, 0.15) is 0 Å². The molecular weight excluding hydrogens is 683 g/mol. The lowest BCUT2D eigenvalue weighted by Gasteiger charge is -2.12. The van der Waals surface area contributed by atoms with E-state index >= 15 is 0 Å². The van der Waals surface area contributed by atoms with Crippen LogP contribution in [-0.4, -0.2) is 24.1 Å². The summed E-state index contributed by atoms with van der Waals surface area (Å²) in [6.07, 6.45) is 1.88. The molecule has 5 heteroatoms. The number of para-hydroxylation sites is 2. The van der Waals surface area contributed by atoms with Gasteiger partial charge in [-0.2, -0.15) is 0 Å². The first-order chi connectivity index (χ1) is 27.8. The summed E-state index contributed by atoms with van der Waals surface area (Å²) in [5.41, 5.74) is 14.9. The molecule has 0 aliphatic rings. The molecule has 4 aromatic heterocycles. The highest BCUT2D eigenvalue weighted by atomic mass is 15.0. The molecule has 0 atom stereocenters. The van der Waals surface area contributed by atoms with Gasteiger partial charge in [0.2, 0.25) is 0 Å². The highest BCUT2D eigenvalue weighted by Crippen LogP contribution is 2.38. The SMILES string of the molecule is c1ccc(-c2cc(-c3ccc(-n4c5ccccc5c5ccc(-c6ccc7c(c6)c6ncccc6n7-c6ccccc6)cc54)cc3)nc(-c3ccccc3)n2)cc1. The second-order valence-electron chi connectivity index (χ2n) is 14.1. The van der Waals surface area contributed by atoms with E-state index < -0.39 is 0 Å². The van der Waals surface area contributed by atoms with Gasteiger partial charge in [0.15, 0.2) is 5.82 Å². The minimum absolute atomic E-state index is 0.708. The highest BCUT2D eigenvalue weighted by molar-refractivity contribution is 6.11. The number of hydrogen-bond acceptors (Lipinski definition) is 3. The Bertz CT molecular complexity index is 3160. The van der Waals surface area contributed by atoms with E-state index in [9.17, 15) is 0 Å². The van der Waals surface area contributed by atoms with Crippen LogP contribution in [0.2, 0.25) is 0 Å². The third-order valence-corrected chi connectivity index (χ3v) is 10.8. The Hall–Kier alpha value is -7.63. The number of hydrogen-bond donors (Lipinski definition) is 0. The zero-order chi connectivity index (χ0) is 37.0. The van der Waals surface area contributed by atoms with Crippen LogP contribution < -0.4 is 0 Å². The highest BCUT2D eigenvalue weighted by Gasteiger charge is 2.17. The summed E-state index contributed by atoms with van der Waals surface area (Å²) in [6.45, 7) is 0. The van der Waals surface area contributed by atoms with Crippen molar-refractivity contribution in [1.82, 2.24) is 24.1 Å². The zero-order valence-electron chi connectivity index (χ0n) is 30.3. The fourth-order valence-corrected chi connectivity index (χ4v) is 8.15. The Morgan fingerprint density at radius 3 is 1.62 bits per heavy atom. The second-order valence-corrected chi connectivity index (χ2v) is 14.1. The van der Waals surface area contributed by atoms with E-state index in [0.29, 0.717) is 5.82 Å². The van der Waals surface area contributed by atoms with Crippen LogP contribution in [0.5, 0.6) is 0 Å². The number of nitrogens with zero attached hydrogens (tertiary/aromatic N) is 5. The smallest absolute Gasteiger partial charge is 0.160 e. The summed E-state index contributed by atoms with van der Waals surface area (Å²) < 4.78 is 4.68. The molecule has 4 heterocycles. The molecule has 11 rings (SSSR count). The van der Waals surface area contributed by atoms with Crippen molar-refractivity contribution in [2.75, 3.05) is 0 Å². The van der Waals surface area contributed by atoms with Crippen LogP contribution in [0.3, 0.4) is 0 Å². The number of benzene rings is 7. The van der Waals surface area contributed by atoms with E-state index in [2.05, 4.69) is 161 Å². The maximum Gasteiger partial charge on any atom is 0.160 e. The number of pyridine rings is 1. The van der Waals surface area contributed by atoms with Crippen molar-refractivity contribution in [3.05, 3.63) is 200 Å². The Labute approximate surface area is 323 Å². The average molecular weight is 716 g/mol. The van der Waals surface area contributed by atoms with E-state index in [1.807, 2.05) is 48.7 Å². The van der Waals surface area contributed by atoms with Gasteiger partial charge in [-0.25, -0.2) is 9.97 Å². The van der Waals surface area contributed by atoms with Gasteiger partial charge in [-0.3, -0.25) is 4.98 Å². The van der Waals surface area contributed by atoms with Crippen molar-refractivity contribution < 1.29 is 0 Å². The lowest BCUT2D eigenvalue weighted by molar-refractivity contribution is 1.17. The molecule has 0 fully saturated rings. The van der Waals surface area contributed by atoms with E-state index in [1.54, 1.807) is 0 Å². The fraction of sp³-hybridized carbons (Fsp3) is 0. The third kappa shape index (κ3) is 5.29. The van der Waals surface area contributed by atoms with Gasteiger partial charge >= 0.3 is 0 Å². The van der Waals surface area contributed by atoms with Crippen molar-refractivity contribution >= 4 is 43.7 Å². The van der Waals surface area contributed by atoms with E-state index in [4.69, 9.17) is 15.0 Å². The topological polar surface area (TPSA) is 48.5 Å². The first kappa shape index (κ1) is 31.9. The van der Waals surface area contributed by atoms with E-state index in [1.165, 1.54) is 10.8 Å². The van der Waals surface area contributed by atoms with Gasteiger partial charge in [0, 0.05) is 50.4 Å². The molecule has 0 saturated heterocycles. The molecule has 56 heavy (non-hydrogen) atoms. The van der Waals surface area contributed by atoms with Crippen LogP contribution in [0.4, 0.5) is 0 Å². The number of fused-ring (bicyclic) bond motifs is 6. The summed E-state index contributed by atoms with van der Waals surface area (Å²) in [5, 5.41) is 3.57. The van der Waals surface area contributed by atoms with Crippen LogP contribution in [0.25, 0.3) is 100 Å². The Balaban J connectivity index is 1.03. The minimum atomic E-state index is 0.708. The molecule has 0 radical (unpaired) electrons. The predicted molar refractivity (Wildman–Crippen MR) is 230 cm³/mol. The van der Waals surface area contributed by atoms with Crippen LogP contribution in [-0.2, 0) is 0 Å². The average Bonchev–Trinajstić information content (AvgIpc) is 3.79. The molecular formula is C51H33N5. The first-order valence-electron chi connectivity index (χ1n) is 18.9. The van der Waals surface area contributed by atoms with Gasteiger partial charge in [0.05, 0.1) is 39.0 Å². The lowest BCUT2D eigenvalue weighted by atomic mass is 10.0. The van der Waals surface area contributed by atoms with Crippen LogP contribution >= 0.6 is 0 Å². The monoisotopic (exact) mass is 715 g/mol. The molecule has 11 aromatic rings. The standard InChI is InChI=1S/C51H33N5/c1-4-13-34(14-5-1)44-33-45(54-51(53-44)36-15-6-2-7-16-36)35-22-26-40(27-23-35)56-46-20-11-10-19-41(46)42-28-24-38(32-49(42)56)37-25-29-47-43(31-37)50-48(21-12-30-52-50)55(47)39-17-8-3-9-18-39/h1-33H. The molecule has 0 amide bonds. The van der Waals surface area contributed by atoms with E-state index in [-0.39, 0.29) is 0 Å². The maximum absolute atomic E-state index is 5.07. The normalized spacial score (nSPS) is 11.6. The third-order valence-electron chi connectivity index (χ3n) is 10.8. The number of aromatic nitrogens is 5. The quantitative estimate of drug-likeness (QED) is 0.172. The summed E-state index contributed by atoms with van der Waals surface area (Å²) >= 11 is 0. The maximum atomic E-state index is 5.07. The molecule has 5 nitrogen and oxygen atoms in total. The minimum Gasteiger partial charge on any atom is -0.309 e. The van der Waals surface area contributed by atoms with Crippen molar-refractivity contribution in [3.8, 4) is 56.4 Å². The van der Waals surface area contributed by atoms with Gasteiger partial charge in [-0.05, 0) is 77.9 Å². The summed E-state index contributed by atoms with van der Waals surface area (Å²) in [6, 6.07) is 68.3. The Morgan fingerprint density at radius 1 is 0.321 bits per heavy atom. The van der Waals surface area contributed by atoms with Crippen molar-refractivity contribution in [2.24, 2.45) is 0 Å². The predicted octanol–water partition coefficient (Wildman–Crippen LogP) is 12.7. The van der Waals surface area contributed by atoms with Crippen molar-refractivity contribution in [3.63, 3.8) is 0 Å². The van der Waals surface area contributed by atoms with Gasteiger partial charge in [-0.1, -0.05) is 127 Å². The van der Waals surface area contributed by atoms with E-state index in [0.717, 1.165) is 83.5 Å². The second kappa shape index (κ2) is 13.0. The molecule has 0 bridgehead atoms. The van der Waals surface area contributed by atoms with Crippen LogP contribution in [0.15, 0.2) is 200 Å². The van der Waals surface area contributed by atoms with Gasteiger partial charge in [0.25, 0.3) is 0 Å². The summed E-state index contributed by atoms with van der Waals surface area (Å²) in [7, 11) is 0. The molecule has 0 aliphatic carbocycles. The Morgan fingerprint density at radius 2 is 0.857 bits per heavy atom. The zero-order valence-corrected chi connectivity index (χ0v) is 30.3. The molecule has 0 aliphatic heterocycles. The fourth-order valence-electron chi connectivity index (χ4n) is 8.15. The first-order valence-corrected chi connectivity index (χ1v) is 18.9. The lowest BCUT2D eigenvalue weighted by Crippen LogP contribution is -1.97. The molecule has 0 unspecified atom stereocenters. The summed E-state index contributed by atoms with van der Waals surface area (Å²) in [5.74, 6) is 0.708. The molecule has 0 N–H and O–H groups in total. The molecule has 0 saturated carbocycles. The van der Waals surface area contributed by atoms with Crippen molar-refractivity contribution in [2.45, 2.75) is 0 Å². The van der Waals surface area contributed by atoms with Crippen molar-refractivity contribution in [1.29, 1.82) is 0 Å². The number of rotatable bonds is 6. The Kier molecular flexibility index (Phi) is 7.42.